The van der Waals surface area contributed by atoms with Crippen molar-refractivity contribution in [1.29, 1.82) is 0 Å². The number of fused-ring (bicyclic) bond motifs is 1. The van der Waals surface area contributed by atoms with Gasteiger partial charge in [-0.3, -0.25) is 4.79 Å². The lowest BCUT2D eigenvalue weighted by Gasteiger charge is -2.15. The van der Waals surface area contributed by atoms with Crippen LogP contribution in [-0.2, 0) is 13.0 Å². The van der Waals surface area contributed by atoms with Gasteiger partial charge in [0.1, 0.15) is 0 Å². The van der Waals surface area contributed by atoms with Crippen molar-refractivity contribution >= 4 is 5.91 Å². The molecule has 1 aromatic heterocycles. The number of ether oxygens (including phenoxy) is 1. The standard InChI is InChI=1S/C16H16N2O2/c1-20-15-7-6-12(10-17-15)8-9-18-11-13-4-2-3-5-14(13)16(18)19/h2-7,10H,8-9,11H2,1H3. The lowest BCUT2D eigenvalue weighted by atomic mass is 10.1. The topological polar surface area (TPSA) is 42.4 Å². The molecule has 0 aliphatic carbocycles. The van der Waals surface area contributed by atoms with E-state index in [1.54, 1.807) is 13.3 Å². The molecule has 2 heterocycles. The zero-order chi connectivity index (χ0) is 13.9. The molecule has 4 heteroatoms. The maximum atomic E-state index is 12.2. The van der Waals surface area contributed by atoms with Crippen LogP contribution in [0, 0.1) is 0 Å². The first-order valence-electron chi connectivity index (χ1n) is 6.64. The zero-order valence-corrected chi connectivity index (χ0v) is 11.4. The summed E-state index contributed by atoms with van der Waals surface area (Å²) in [5.74, 6) is 0.737. The molecular weight excluding hydrogens is 252 g/mol. The lowest BCUT2D eigenvalue weighted by Crippen LogP contribution is -2.26. The molecule has 20 heavy (non-hydrogen) atoms. The Morgan fingerprint density at radius 1 is 1.25 bits per heavy atom. The van der Waals surface area contributed by atoms with Gasteiger partial charge in [0.05, 0.1) is 7.11 Å². The number of hydrogen-bond acceptors (Lipinski definition) is 3. The smallest absolute Gasteiger partial charge is 0.254 e. The third kappa shape index (κ3) is 2.37. The highest BCUT2D eigenvalue weighted by molar-refractivity contribution is 5.98. The van der Waals surface area contributed by atoms with Gasteiger partial charge >= 0.3 is 0 Å². The molecule has 1 aromatic carbocycles. The summed E-state index contributed by atoms with van der Waals surface area (Å²) < 4.78 is 5.03. The molecule has 0 fully saturated rings. The quantitative estimate of drug-likeness (QED) is 0.854. The highest BCUT2D eigenvalue weighted by atomic mass is 16.5. The van der Waals surface area contributed by atoms with Crippen LogP contribution >= 0.6 is 0 Å². The van der Waals surface area contributed by atoms with Crippen molar-refractivity contribution in [2.45, 2.75) is 13.0 Å². The Labute approximate surface area is 118 Å². The molecule has 1 aliphatic rings. The fraction of sp³-hybridized carbons (Fsp3) is 0.250. The predicted molar refractivity (Wildman–Crippen MR) is 75.7 cm³/mol. The minimum Gasteiger partial charge on any atom is -0.481 e. The van der Waals surface area contributed by atoms with Gasteiger partial charge in [-0.15, -0.1) is 0 Å². The molecule has 0 saturated heterocycles. The van der Waals surface area contributed by atoms with Crippen molar-refractivity contribution in [1.82, 2.24) is 9.88 Å². The number of benzene rings is 1. The van der Waals surface area contributed by atoms with Crippen molar-refractivity contribution in [3.63, 3.8) is 0 Å². The van der Waals surface area contributed by atoms with E-state index in [1.165, 1.54) is 0 Å². The number of rotatable bonds is 4. The van der Waals surface area contributed by atoms with E-state index in [0.717, 1.165) is 23.1 Å². The molecular formula is C16H16N2O2. The van der Waals surface area contributed by atoms with Gasteiger partial charge in [0.15, 0.2) is 0 Å². The van der Waals surface area contributed by atoms with Crippen LogP contribution in [0.1, 0.15) is 21.5 Å². The average molecular weight is 268 g/mol. The van der Waals surface area contributed by atoms with Gasteiger partial charge in [-0.25, -0.2) is 4.98 Å². The Hall–Kier alpha value is -2.36. The van der Waals surface area contributed by atoms with Crippen molar-refractivity contribution < 1.29 is 9.53 Å². The monoisotopic (exact) mass is 268 g/mol. The second-order valence-corrected chi connectivity index (χ2v) is 4.84. The summed E-state index contributed by atoms with van der Waals surface area (Å²) in [7, 11) is 1.60. The first-order valence-corrected chi connectivity index (χ1v) is 6.64. The zero-order valence-electron chi connectivity index (χ0n) is 11.4. The fourth-order valence-corrected chi connectivity index (χ4v) is 2.44. The van der Waals surface area contributed by atoms with Crippen LogP contribution < -0.4 is 4.74 Å². The number of methoxy groups -OCH3 is 1. The molecule has 1 amide bonds. The SMILES string of the molecule is COc1ccc(CCN2Cc3ccccc3C2=O)cn1. The third-order valence-electron chi connectivity index (χ3n) is 3.57. The van der Waals surface area contributed by atoms with Gasteiger partial charge in [0.2, 0.25) is 5.88 Å². The molecule has 0 bridgehead atoms. The van der Waals surface area contributed by atoms with E-state index in [4.69, 9.17) is 4.74 Å². The van der Waals surface area contributed by atoms with E-state index in [0.29, 0.717) is 19.0 Å². The van der Waals surface area contributed by atoms with Gasteiger partial charge < -0.3 is 9.64 Å². The van der Waals surface area contributed by atoms with E-state index in [1.807, 2.05) is 41.3 Å². The Bertz CT molecular complexity index is 623. The maximum Gasteiger partial charge on any atom is 0.254 e. The molecule has 0 saturated carbocycles. The Morgan fingerprint density at radius 3 is 2.80 bits per heavy atom. The summed E-state index contributed by atoms with van der Waals surface area (Å²) in [5, 5.41) is 0. The van der Waals surface area contributed by atoms with Crippen LogP contribution in [0.25, 0.3) is 0 Å². The fourth-order valence-electron chi connectivity index (χ4n) is 2.44. The van der Waals surface area contributed by atoms with E-state index >= 15 is 0 Å². The number of carbonyl (C=O) groups is 1. The van der Waals surface area contributed by atoms with E-state index in [2.05, 4.69) is 4.98 Å². The van der Waals surface area contributed by atoms with Gasteiger partial charge in [-0.2, -0.15) is 0 Å². The highest BCUT2D eigenvalue weighted by Gasteiger charge is 2.26. The van der Waals surface area contributed by atoms with Gasteiger partial charge in [-0.05, 0) is 23.6 Å². The Balaban J connectivity index is 1.64. The number of nitrogens with zero attached hydrogens (tertiary/aromatic N) is 2. The number of pyridine rings is 1. The molecule has 0 N–H and O–H groups in total. The number of carbonyl (C=O) groups excluding carboxylic acids is 1. The van der Waals surface area contributed by atoms with E-state index in [9.17, 15) is 4.79 Å². The van der Waals surface area contributed by atoms with Crippen molar-refractivity contribution in [2.24, 2.45) is 0 Å². The summed E-state index contributed by atoms with van der Waals surface area (Å²) >= 11 is 0. The van der Waals surface area contributed by atoms with Crippen molar-refractivity contribution in [3.05, 3.63) is 59.3 Å². The molecule has 0 atom stereocenters. The maximum absolute atomic E-state index is 12.2. The largest absolute Gasteiger partial charge is 0.481 e. The first-order chi connectivity index (χ1) is 9.78. The summed E-state index contributed by atoms with van der Waals surface area (Å²) in [6.07, 6.45) is 2.60. The predicted octanol–water partition coefficient (Wildman–Crippen LogP) is 2.29. The number of amides is 1. The summed E-state index contributed by atoms with van der Waals surface area (Å²) in [5.41, 5.74) is 3.06. The van der Waals surface area contributed by atoms with E-state index in [-0.39, 0.29) is 5.91 Å². The normalized spacial score (nSPS) is 13.4. The van der Waals surface area contributed by atoms with Crippen LogP contribution in [0.2, 0.25) is 0 Å². The second-order valence-electron chi connectivity index (χ2n) is 4.84. The minimum absolute atomic E-state index is 0.127. The van der Waals surface area contributed by atoms with E-state index < -0.39 is 0 Å². The van der Waals surface area contributed by atoms with Crippen LogP contribution in [0.3, 0.4) is 0 Å². The molecule has 4 nitrogen and oxygen atoms in total. The van der Waals surface area contributed by atoms with Gasteiger partial charge in [0, 0.05) is 30.9 Å². The molecule has 0 unspecified atom stereocenters. The van der Waals surface area contributed by atoms with Gasteiger partial charge in [-0.1, -0.05) is 24.3 Å². The summed E-state index contributed by atoms with van der Waals surface area (Å²) in [4.78, 5) is 18.3. The molecule has 102 valence electrons. The van der Waals surface area contributed by atoms with Crippen LogP contribution in [0.15, 0.2) is 42.6 Å². The average Bonchev–Trinajstić information content (AvgIpc) is 2.83. The van der Waals surface area contributed by atoms with Gasteiger partial charge in [0.25, 0.3) is 5.91 Å². The number of aromatic nitrogens is 1. The summed E-state index contributed by atoms with van der Waals surface area (Å²) in [6.45, 7) is 1.42. The van der Waals surface area contributed by atoms with Crippen molar-refractivity contribution in [2.75, 3.05) is 13.7 Å². The van der Waals surface area contributed by atoms with Crippen molar-refractivity contribution in [3.8, 4) is 5.88 Å². The Morgan fingerprint density at radius 2 is 2.10 bits per heavy atom. The first kappa shape index (κ1) is 12.7. The minimum atomic E-state index is 0.127. The molecule has 1 aliphatic heterocycles. The molecule has 3 rings (SSSR count). The lowest BCUT2D eigenvalue weighted by molar-refractivity contribution is 0.0780. The van der Waals surface area contributed by atoms with Crippen LogP contribution in [0.4, 0.5) is 0 Å². The van der Waals surface area contributed by atoms with Crippen LogP contribution in [-0.4, -0.2) is 29.4 Å². The third-order valence-corrected chi connectivity index (χ3v) is 3.57. The molecule has 0 radical (unpaired) electrons. The van der Waals surface area contributed by atoms with Crippen LogP contribution in [0.5, 0.6) is 5.88 Å². The summed E-state index contributed by atoms with van der Waals surface area (Å²) in [6, 6.07) is 11.6. The molecule has 2 aromatic rings. The Kier molecular flexibility index (Phi) is 3.37. The number of hydrogen-bond donors (Lipinski definition) is 0. The highest BCUT2D eigenvalue weighted by Crippen LogP contribution is 2.22. The molecule has 0 spiro atoms. The second kappa shape index (κ2) is 5.33.